The van der Waals surface area contributed by atoms with Crippen molar-refractivity contribution >= 4 is 30.0 Å². The van der Waals surface area contributed by atoms with Gasteiger partial charge in [-0.15, -0.1) is 0 Å². The van der Waals surface area contributed by atoms with Gasteiger partial charge in [0.25, 0.3) is 0 Å². The number of aliphatic hydroxyl groups is 2. The van der Waals surface area contributed by atoms with Crippen molar-refractivity contribution < 1.29 is 57.9 Å². The van der Waals surface area contributed by atoms with Gasteiger partial charge in [0.05, 0.1) is 42.5 Å². The van der Waals surface area contributed by atoms with Crippen LogP contribution in [0.2, 0.25) is 0 Å². The molecule has 1 unspecified atom stereocenters. The van der Waals surface area contributed by atoms with E-state index >= 15 is 0 Å². The molecule has 12 atom stereocenters. The van der Waals surface area contributed by atoms with E-state index in [0.717, 1.165) is 6.29 Å². The monoisotopic (exact) mass is 804 g/mol. The highest BCUT2D eigenvalue weighted by molar-refractivity contribution is 5.92. The van der Waals surface area contributed by atoms with Crippen LogP contribution in [0.3, 0.4) is 0 Å². The second-order valence-electron chi connectivity index (χ2n) is 16.0. The number of esters is 3. The van der Waals surface area contributed by atoms with Crippen LogP contribution in [-0.2, 0) is 38.1 Å². The quantitative estimate of drug-likeness (QED) is 0.144. The van der Waals surface area contributed by atoms with Gasteiger partial charge >= 0.3 is 17.9 Å². The van der Waals surface area contributed by atoms with Crippen molar-refractivity contribution in [2.24, 2.45) is 35.5 Å². The first-order valence-corrected chi connectivity index (χ1v) is 20.3. The van der Waals surface area contributed by atoms with Crippen LogP contribution in [0.25, 0.3) is 0 Å². The Morgan fingerprint density at radius 2 is 1.48 bits per heavy atom. The van der Waals surface area contributed by atoms with E-state index in [0.29, 0.717) is 17.6 Å². The third kappa shape index (κ3) is 12.3. The lowest BCUT2D eigenvalue weighted by Gasteiger charge is -2.48. The fourth-order valence-corrected chi connectivity index (χ4v) is 7.95. The lowest BCUT2D eigenvalue weighted by Crippen LogP contribution is -2.60. The smallest absolute Gasteiger partial charge is 0.338 e. The van der Waals surface area contributed by atoms with Gasteiger partial charge in [-0.1, -0.05) is 88.7 Å². The van der Waals surface area contributed by atoms with Gasteiger partial charge in [-0.2, -0.15) is 0 Å². The largest absolute Gasteiger partial charge is 0.462 e. The summed E-state index contributed by atoms with van der Waals surface area (Å²) in [6.07, 6.45) is -1.59. The van der Waals surface area contributed by atoms with E-state index in [1.165, 1.54) is 6.08 Å². The predicted octanol–water partition coefficient (Wildman–Crippen LogP) is 6.47. The Kier molecular flexibility index (Phi) is 17.6. The minimum atomic E-state index is -1.35. The number of hydrogen-bond acceptors (Lipinski definition) is 12. The average molecular weight is 805 g/mol. The molecule has 0 saturated carbocycles. The Morgan fingerprint density at radius 1 is 0.897 bits per heavy atom. The standard InChI is InChI=1S/C46H60O12/c1-8-38-35(26-48)23-28(4)19-20-36(49)29(5)24-34(21-22-47)41(30(6)37(50)25-39(51)55-38)58-46-43(57-45(53)33-17-13-10-14-18-33)40(27(2)3)42(31(7)54-46)56-44(52)32-15-11-9-12-16-32/h9-20,22-23,27,29-31,34-35,37-38,40-43,46,48,50H,8,21,24-26H2,1-7H3/b20-19+,28-23+/t29-,30+,31-,34+,35-,37-,38-,40+,41-,42-,43-,46?/m1/s1. The third-order valence-corrected chi connectivity index (χ3v) is 11.3. The molecule has 2 aromatic rings. The molecule has 2 aliphatic heterocycles. The van der Waals surface area contributed by atoms with Crippen molar-refractivity contribution in [1.82, 2.24) is 0 Å². The van der Waals surface area contributed by atoms with Gasteiger partial charge in [0.2, 0.25) is 0 Å². The maximum Gasteiger partial charge on any atom is 0.338 e. The van der Waals surface area contributed by atoms with Crippen molar-refractivity contribution in [3.05, 3.63) is 95.6 Å². The number of aldehydes is 1. The van der Waals surface area contributed by atoms with Crippen LogP contribution in [0.1, 0.15) is 94.9 Å². The zero-order chi connectivity index (χ0) is 42.5. The predicted molar refractivity (Wildman–Crippen MR) is 215 cm³/mol. The van der Waals surface area contributed by atoms with E-state index in [9.17, 15) is 34.2 Å². The molecule has 2 aliphatic rings. The van der Waals surface area contributed by atoms with E-state index in [2.05, 4.69) is 0 Å². The lowest BCUT2D eigenvalue weighted by molar-refractivity contribution is -0.308. The molecule has 0 bridgehead atoms. The summed E-state index contributed by atoms with van der Waals surface area (Å²) < 4.78 is 31.5. The Hall–Kier alpha value is -4.49. The van der Waals surface area contributed by atoms with Gasteiger partial charge in [0.1, 0.15) is 18.5 Å². The van der Waals surface area contributed by atoms with E-state index < -0.39 is 96.8 Å². The molecular formula is C46H60O12. The molecule has 0 amide bonds. The van der Waals surface area contributed by atoms with Crippen LogP contribution >= 0.6 is 0 Å². The second-order valence-corrected chi connectivity index (χ2v) is 16.0. The molecule has 58 heavy (non-hydrogen) atoms. The Morgan fingerprint density at radius 3 is 2.02 bits per heavy atom. The normalized spacial score (nSPS) is 33.0. The summed E-state index contributed by atoms with van der Waals surface area (Å²) in [5.74, 6) is -5.73. The summed E-state index contributed by atoms with van der Waals surface area (Å²) in [5, 5.41) is 21.9. The zero-order valence-corrected chi connectivity index (χ0v) is 34.6. The number of aliphatic hydroxyl groups excluding tert-OH is 2. The average Bonchev–Trinajstić information content (AvgIpc) is 3.21. The summed E-state index contributed by atoms with van der Waals surface area (Å²) in [7, 11) is 0. The van der Waals surface area contributed by atoms with E-state index in [1.807, 2.05) is 20.8 Å². The first-order valence-electron chi connectivity index (χ1n) is 20.3. The molecule has 316 valence electrons. The molecule has 0 spiro atoms. The number of hydrogen-bond donors (Lipinski definition) is 2. The Balaban J connectivity index is 1.78. The fourth-order valence-electron chi connectivity index (χ4n) is 7.95. The maximum absolute atomic E-state index is 13.8. The van der Waals surface area contributed by atoms with Gasteiger partial charge in [0.15, 0.2) is 18.2 Å². The Bertz CT molecular complexity index is 1720. The molecule has 1 saturated heterocycles. The second kappa shape index (κ2) is 22.0. The molecule has 2 heterocycles. The number of carbonyl (C=O) groups is 5. The lowest BCUT2D eigenvalue weighted by atomic mass is 9.78. The maximum atomic E-state index is 13.8. The first kappa shape index (κ1) is 46.2. The summed E-state index contributed by atoms with van der Waals surface area (Å²) >= 11 is 0. The van der Waals surface area contributed by atoms with E-state index in [4.69, 9.17) is 23.7 Å². The number of benzene rings is 2. The van der Waals surface area contributed by atoms with Gasteiger partial charge < -0.3 is 38.7 Å². The molecule has 4 rings (SSSR count). The van der Waals surface area contributed by atoms with Crippen molar-refractivity contribution in [2.75, 3.05) is 6.61 Å². The van der Waals surface area contributed by atoms with Gasteiger partial charge in [0, 0.05) is 30.1 Å². The number of cyclic esters (lactones) is 1. The molecule has 0 aliphatic carbocycles. The summed E-state index contributed by atoms with van der Waals surface area (Å²) in [6, 6.07) is 16.9. The summed E-state index contributed by atoms with van der Waals surface area (Å²) in [6.45, 7) is 12.3. The minimum Gasteiger partial charge on any atom is -0.462 e. The number of allylic oxidation sites excluding steroid dienone is 3. The number of rotatable bonds is 11. The molecule has 0 radical (unpaired) electrons. The molecule has 12 nitrogen and oxygen atoms in total. The van der Waals surface area contributed by atoms with Gasteiger partial charge in [-0.05, 0) is 68.9 Å². The van der Waals surface area contributed by atoms with Crippen LogP contribution in [0.5, 0.6) is 0 Å². The number of ether oxygens (including phenoxy) is 5. The molecular weight excluding hydrogens is 744 g/mol. The molecule has 2 N–H and O–H groups in total. The minimum absolute atomic E-state index is 0.0653. The summed E-state index contributed by atoms with van der Waals surface area (Å²) in [4.78, 5) is 66.5. The molecule has 12 heteroatoms. The highest BCUT2D eigenvalue weighted by Gasteiger charge is 2.52. The number of carbonyl (C=O) groups excluding carboxylic acids is 5. The van der Waals surface area contributed by atoms with Crippen LogP contribution in [0, 0.1) is 35.5 Å². The van der Waals surface area contributed by atoms with E-state index in [1.54, 1.807) is 101 Å². The van der Waals surface area contributed by atoms with Crippen LogP contribution in [0.15, 0.2) is 84.5 Å². The van der Waals surface area contributed by atoms with Crippen LogP contribution < -0.4 is 0 Å². The Labute approximate surface area is 341 Å². The SMILES string of the molecule is CC[C@H]1OC(=O)C[C@@H](O)[C@H](C)[C@@H](OC2O[C@H](C)[C@@H](OC(=O)c3ccccc3)[C@H](C(C)C)[C@H]2OC(=O)c2ccccc2)[C@@H](CC=O)C[C@@H](C)C(=O)/C=C/C(C)=C/[C@@H]1CO. The molecule has 2 aromatic carbocycles. The van der Waals surface area contributed by atoms with Crippen molar-refractivity contribution in [2.45, 2.75) is 117 Å². The van der Waals surface area contributed by atoms with Crippen molar-refractivity contribution in [1.29, 1.82) is 0 Å². The van der Waals surface area contributed by atoms with Crippen molar-refractivity contribution in [3.63, 3.8) is 0 Å². The third-order valence-electron chi connectivity index (χ3n) is 11.3. The first-order chi connectivity index (χ1) is 27.7. The topological polar surface area (TPSA) is 172 Å². The zero-order valence-electron chi connectivity index (χ0n) is 34.6. The van der Waals surface area contributed by atoms with Crippen molar-refractivity contribution in [3.8, 4) is 0 Å². The molecule has 0 aromatic heterocycles. The summed E-state index contributed by atoms with van der Waals surface area (Å²) in [5.41, 5.74) is 1.29. The highest BCUT2D eigenvalue weighted by Crippen LogP contribution is 2.40. The fraction of sp³-hybridized carbons (Fsp3) is 0.543. The van der Waals surface area contributed by atoms with Gasteiger partial charge in [-0.3, -0.25) is 9.59 Å². The van der Waals surface area contributed by atoms with Crippen LogP contribution in [0.4, 0.5) is 0 Å². The van der Waals surface area contributed by atoms with Gasteiger partial charge in [-0.25, -0.2) is 9.59 Å². The highest BCUT2D eigenvalue weighted by atomic mass is 16.7. The van der Waals surface area contributed by atoms with Crippen LogP contribution in [-0.4, -0.2) is 89.7 Å². The molecule has 1 fully saturated rings. The van der Waals surface area contributed by atoms with E-state index in [-0.39, 0.29) is 36.7 Å². The number of ketones is 1.